The zero-order valence-electron chi connectivity index (χ0n) is 9.51. The first-order chi connectivity index (χ1) is 7.50. The van der Waals surface area contributed by atoms with Gasteiger partial charge in [0.05, 0.1) is 6.16 Å². The Balaban J connectivity index is 2.55. The van der Waals surface area contributed by atoms with Crippen molar-refractivity contribution in [3.05, 3.63) is 0 Å². The molecule has 0 amide bonds. The van der Waals surface area contributed by atoms with Crippen LogP contribution in [0.1, 0.15) is 12.8 Å². The molecule has 0 aromatic heterocycles. The predicted octanol–water partition coefficient (Wildman–Crippen LogP) is 0.925. The number of carboxylic acids is 1. The third-order valence-electron chi connectivity index (χ3n) is 2.85. The average Bonchev–Trinajstić information content (AvgIpc) is 2.29. The zero-order chi connectivity index (χ0) is 12.2. The Hall–Kier alpha value is -0.420. The average molecular weight is 251 g/mol. The van der Waals surface area contributed by atoms with Gasteiger partial charge in [0.2, 0.25) is 0 Å². The van der Waals surface area contributed by atoms with Crippen molar-refractivity contribution in [2.75, 3.05) is 26.9 Å². The summed E-state index contributed by atoms with van der Waals surface area (Å²) in [6, 6.07) is -0.555. The highest BCUT2D eigenvalue weighted by Crippen LogP contribution is 2.49. The molecule has 0 radical (unpaired) electrons. The number of hydrogen-bond acceptors (Lipinski definition) is 5. The van der Waals surface area contributed by atoms with Gasteiger partial charge >= 0.3 is 13.6 Å². The van der Waals surface area contributed by atoms with Gasteiger partial charge in [-0.2, -0.15) is 0 Å². The molecule has 1 saturated heterocycles. The molecule has 0 aromatic carbocycles. The Morgan fingerprint density at radius 2 is 2.12 bits per heavy atom. The largest absolute Gasteiger partial charge is 0.480 e. The first kappa shape index (κ1) is 13.6. The van der Waals surface area contributed by atoms with Crippen LogP contribution >= 0.6 is 7.60 Å². The summed E-state index contributed by atoms with van der Waals surface area (Å²) in [5, 5.41) is 11.8. The van der Waals surface area contributed by atoms with E-state index in [1.54, 1.807) is 0 Å². The fourth-order valence-corrected chi connectivity index (χ4v) is 3.30. The highest BCUT2D eigenvalue weighted by molar-refractivity contribution is 7.53. The van der Waals surface area contributed by atoms with Gasteiger partial charge in [0.15, 0.2) is 0 Å². The molecule has 94 valence electrons. The van der Waals surface area contributed by atoms with E-state index >= 15 is 0 Å². The second kappa shape index (κ2) is 5.77. The number of nitrogens with one attached hydrogen (secondary N) is 1. The van der Waals surface area contributed by atoms with Gasteiger partial charge in [-0.15, -0.1) is 0 Å². The monoisotopic (exact) mass is 251 g/mol. The van der Waals surface area contributed by atoms with Crippen LogP contribution in [0.4, 0.5) is 0 Å². The van der Waals surface area contributed by atoms with E-state index in [0.717, 1.165) is 6.42 Å². The van der Waals surface area contributed by atoms with Gasteiger partial charge in [-0.25, -0.2) is 0 Å². The topological polar surface area (TPSA) is 84.9 Å². The van der Waals surface area contributed by atoms with E-state index in [1.807, 2.05) is 0 Å². The lowest BCUT2D eigenvalue weighted by molar-refractivity contribution is -0.140. The van der Waals surface area contributed by atoms with Gasteiger partial charge in [0, 0.05) is 14.2 Å². The molecule has 1 rings (SSSR count). The minimum Gasteiger partial charge on any atom is -0.480 e. The van der Waals surface area contributed by atoms with Crippen molar-refractivity contribution in [2.45, 2.75) is 18.9 Å². The third-order valence-corrected chi connectivity index (χ3v) is 4.92. The van der Waals surface area contributed by atoms with E-state index in [2.05, 4.69) is 5.32 Å². The van der Waals surface area contributed by atoms with Crippen LogP contribution in [0.2, 0.25) is 0 Å². The summed E-state index contributed by atoms with van der Waals surface area (Å²) in [7, 11) is -0.333. The van der Waals surface area contributed by atoms with Crippen molar-refractivity contribution in [1.82, 2.24) is 5.32 Å². The molecule has 7 heteroatoms. The molecule has 1 heterocycles. The Bertz CT molecular complexity index is 288. The summed E-state index contributed by atoms with van der Waals surface area (Å²) in [6.45, 7) is 0.620. The van der Waals surface area contributed by atoms with Gasteiger partial charge in [0.1, 0.15) is 6.04 Å². The third kappa shape index (κ3) is 3.56. The quantitative estimate of drug-likeness (QED) is 0.707. The van der Waals surface area contributed by atoms with E-state index in [-0.39, 0.29) is 12.1 Å². The molecular formula is C9H18NO5P. The van der Waals surface area contributed by atoms with Crippen molar-refractivity contribution in [2.24, 2.45) is 5.92 Å². The minimum atomic E-state index is -3.03. The van der Waals surface area contributed by atoms with Gasteiger partial charge in [-0.3, -0.25) is 9.36 Å². The van der Waals surface area contributed by atoms with Crippen molar-refractivity contribution in [1.29, 1.82) is 0 Å². The highest BCUT2D eigenvalue weighted by atomic mass is 31.2. The Morgan fingerprint density at radius 3 is 2.62 bits per heavy atom. The number of aliphatic carboxylic acids is 1. The molecule has 1 aliphatic heterocycles. The summed E-state index contributed by atoms with van der Waals surface area (Å²) < 4.78 is 21.6. The number of piperidine rings is 1. The van der Waals surface area contributed by atoms with Gasteiger partial charge < -0.3 is 19.5 Å². The van der Waals surface area contributed by atoms with Crippen LogP contribution in [0.25, 0.3) is 0 Å². The number of rotatable bonds is 5. The van der Waals surface area contributed by atoms with Crippen molar-refractivity contribution < 1.29 is 23.5 Å². The maximum absolute atomic E-state index is 11.9. The number of carbonyl (C=O) groups is 1. The SMILES string of the molecule is COP(=O)(CC1CCNC(C(=O)O)C1)OC. The van der Waals surface area contributed by atoms with Gasteiger partial charge in [0.25, 0.3) is 0 Å². The van der Waals surface area contributed by atoms with E-state index in [4.69, 9.17) is 14.2 Å². The normalized spacial score (nSPS) is 26.6. The van der Waals surface area contributed by atoms with E-state index in [0.29, 0.717) is 13.0 Å². The lowest BCUT2D eigenvalue weighted by Gasteiger charge is -2.29. The standard InChI is InChI=1S/C9H18NO5P/c1-14-16(13,15-2)6-7-3-4-10-8(5-7)9(11)12/h7-8,10H,3-6H2,1-2H3,(H,11,12). The summed E-state index contributed by atoms with van der Waals surface area (Å²) in [4.78, 5) is 10.8. The number of hydrogen-bond donors (Lipinski definition) is 2. The van der Waals surface area contributed by atoms with Gasteiger partial charge in [-0.05, 0) is 25.3 Å². The summed E-state index contributed by atoms with van der Waals surface area (Å²) in [5.74, 6) is -0.803. The maximum Gasteiger partial charge on any atom is 0.330 e. The Labute approximate surface area is 94.8 Å². The molecule has 0 aromatic rings. The van der Waals surface area contributed by atoms with Crippen LogP contribution in [-0.4, -0.2) is 44.0 Å². The molecule has 6 nitrogen and oxygen atoms in total. The van der Waals surface area contributed by atoms with Gasteiger partial charge in [-0.1, -0.05) is 0 Å². The predicted molar refractivity (Wildman–Crippen MR) is 58.6 cm³/mol. The van der Waals surface area contributed by atoms with Crippen LogP contribution in [0.3, 0.4) is 0 Å². The molecule has 16 heavy (non-hydrogen) atoms. The summed E-state index contributed by atoms with van der Waals surface area (Å²) in [6.07, 6.45) is 1.54. The minimum absolute atomic E-state index is 0.0630. The lowest BCUT2D eigenvalue weighted by Crippen LogP contribution is -2.44. The molecule has 0 spiro atoms. The summed E-state index contributed by atoms with van der Waals surface area (Å²) >= 11 is 0. The van der Waals surface area contributed by atoms with Crippen molar-refractivity contribution >= 4 is 13.6 Å². The van der Waals surface area contributed by atoms with Crippen LogP contribution < -0.4 is 5.32 Å². The Kier molecular flexibility index (Phi) is 4.92. The molecule has 0 saturated carbocycles. The molecule has 2 unspecified atom stereocenters. The first-order valence-electron chi connectivity index (χ1n) is 5.17. The molecule has 2 N–H and O–H groups in total. The fourth-order valence-electron chi connectivity index (χ4n) is 1.89. The van der Waals surface area contributed by atoms with Crippen LogP contribution in [0, 0.1) is 5.92 Å². The Morgan fingerprint density at radius 1 is 1.50 bits per heavy atom. The van der Waals surface area contributed by atoms with Crippen LogP contribution in [0.5, 0.6) is 0 Å². The number of carboxylic acid groups (broad SMARTS) is 1. The second-order valence-corrected chi connectivity index (χ2v) is 6.21. The zero-order valence-corrected chi connectivity index (χ0v) is 10.4. The molecule has 2 atom stereocenters. The molecule has 0 bridgehead atoms. The molecule has 0 aliphatic carbocycles. The molecule has 1 fully saturated rings. The van der Waals surface area contributed by atoms with Crippen LogP contribution in [-0.2, 0) is 18.4 Å². The van der Waals surface area contributed by atoms with E-state index in [1.165, 1.54) is 14.2 Å². The smallest absolute Gasteiger partial charge is 0.330 e. The van der Waals surface area contributed by atoms with E-state index < -0.39 is 19.6 Å². The maximum atomic E-state index is 11.9. The highest BCUT2D eigenvalue weighted by Gasteiger charge is 2.32. The molecular weight excluding hydrogens is 233 g/mol. The lowest BCUT2D eigenvalue weighted by atomic mass is 9.94. The second-order valence-electron chi connectivity index (χ2n) is 3.89. The summed E-state index contributed by atoms with van der Waals surface area (Å²) in [5.41, 5.74) is 0. The van der Waals surface area contributed by atoms with Crippen molar-refractivity contribution in [3.63, 3.8) is 0 Å². The van der Waals surface area contributed by atoms with Crippen LogP contribution in [0.15, 0.2) is 0 Å². The van der Waals surface area contributed by atoms with E-state index in [9.17, 15) is 9.36 Å². The first-order valence-corrected chi connectivity index (χ1v) is 6.90. The molecule has 1 aliphatic rings. The fraction of sp³-hybridized carbons (Fsp3) is 0.889. The van der Waals surface area contributed by atoms with Crippen molar-refractivity contribution in [3.8, 4) is 0 Å².